The molecule has 5 rings (SSSR count). The minimum atomic E-state index is 0.0250. The van der Waals surface area contributed by atoms with Crippen LogP contribution < -0.4 is 14.8 Å². The largest absolute Gasteiger partial charge is 0.488 e. The molecule has 32 heavy (non-hydrogen) atoms. The highest BCUT2D eigenvalue weighted by Crippen LogP contribution is 2.33. The van der Waals surface area contributed by atoms with Gasteiger partial charge in [0.1, 0.15) is 18.0 Å². The summed E-state index contributed by atoms with van der Waals surface area (Å²) in [5, 5.41) is 3.53. The molecule has 2 aromatic rings. The van der Waals surface area contributed by atoms with Crippen LogP contribution in [0.1, 0.15) is 45.4 Å². The third kappa shape index (κ3) is 5.33. The molecule has 1 N–H and O–H groups in total. The highest BCUT2D eigenvalue weighted by Gasteiger charge is 2.23. The predicted molar refractivity (Wildman–Crippen MR) is 122 cm³/mol. The molecule has 3 heterocycles. The van der Waals surface area contributed by atoms with Crippen LogP contribution in [0.5, 0.6) is 11.6 Å². The van der Waals surface area contributed by atoms with Crippen LogP contribution in [0.4, 0.5) is 5.95 Å². The summed E-state index contributed by atoms with van der Waals surface area (Å²) in [5.74, 6) is 2.91. The minimum Gasteiger partial charge on any atom is -0.488 e. The van der Waals surface area contributed by atoms with Crippen LogP contribution in [-0.2, 0) is 9.47 Å². The van der Waals surface area contributed by atoms with Crippen molar-refractivity contribution < 1.29 is 18.9 Å². The monoisotopic (exact) mass is 439 g/mol. The van der Waals surface area contributed by atoms with Gasteiger partial charge >= 0.3 is 0 Å². The molecule has 7 nitrogen and oxygen atoms in total. The summed E-state index contributed by atoms with van der Waals surface area (Å²) in [6, 6.07) is 8.49. The lowest BCUT2D eigenvalue weighted by molar-refractivity contribution is 0.138. The van der Waals surface area contributed by atoms with Crippen molar-refractivity contribution in [1.82, 2.24) is 9.97 Å². The number of rotatable bonds is 7. The van der Waals surface area contributed by atoms with Gasteiger partial charge in [-0.05, 0) is 49.3 Å². The molecular weight excluding hydrogens is 406 g/mol. The Bertz CT molecular complexity index is 871. The van der Waals surface area contributed by atoms with Crippen LogP contribution in [0.3, 0.4) is 0 Å². The van der Waals surface area contributed by atoms with E-state index in [1.807, 2.05) is 30.5 Å². The van der Waals surface area contributed by atoms with Gasteiger partial charge in [0.25, 0.3) is 0 Å². The molecule has 1 saturated carbocycles. The van der Waals surface area contributed by atoms with Crippen LogP contribution in [0, 0.1) is 5.92 Å². The van der Waals surface area contributed by atoms with Crippen LogP contribution in [0.25, 0.3) is 11.1 Å². The zero-order chi connectivity index (χ0) is 21.8. The van der Waals surface area contributed by atoms with E-state index in [-0.39, 0.29) is 12.2 Å². The van der Waals surface area contributed by atoms with Crippen molar-refractivity contribution in [3.05, 3.63) is 30.5 Å². The Balaban J connectivity index is 1.33. The molecule has 7 heteroatoms. The Morgan fingerprint density at radius 3 is 2.22 bits per heavy atom. The van der Waals surface area contributed by atoms with E-state index in [1.54, 1.807) is 0 Å². The van der Waals surface area contributed by atoms with E-state index >= 15 is 0 Å². The van der Waals surface area contributed by atoms with Gasteiger partial charge in [0.15, 0.2) is 0 Å². The van der Waals surface area contributed by atoms with E-state index in [0.717, 1.165) is 61.7 Å². The van der Waals surface area contributed by atoms with E-state index in [9.17, 15) is 0 Å². The normalized spacial score (nSPS) is 27.9. The summed E-state index contributed by atoms with van der Waals surface area (Å²) >= 11 is 0. The van der Waals surface area contributed by atoms with Gasteiger partial charge in [0, 0.05) is 25.1 Å². The SMILES string of the molecule is CC1CCC(Nc2ncc(-c3ccc(O[C@@H]4CCOC4)cc3)c(O[C@@H]3CCOC3)n2)CC1. The lowest BCUT2D eigenvalue weighted by atomic mass is 9.87. The summed E-state index contributed by atoms with van der Waals surface area (Å²) < 4.78 is 23.2. The first-order valence-electron chi connectivity index (χ1n) is 12.0. The van der Waals surface area contributed by atoms with Crippen LogP contribution in [0.2, 0.25) is 0 Å². The second-order valence-electron chi connectivity index (χ2n) is 9.24. The number of benzene rings is 1. The Morgan fingerprint density at radius 1 is 0.875 bits per heavy atom. The third-order valence-corrected chi connectivity index (χ3v) is 6.63. The molecule has 0 bridgehead atoms. The summed E-state index contributed by atoms with van der Waals surface area (Å²) in [6.07, 6.45) is 8.66. The number of nitrogens with one attached hydrogen (secondary N) is 1. The number of hydrogen-bond donors (Lipinski definition) is 1. The first kappa shape index (κ1) is 21.5. The molecule has 0 amide bonds. The molecular formula is C25H33N3O4. The van der Waals surface area contributed by atoms with E-state index in [1.165, 1.54) is 12.8 Å². The van der Waals surface area contributed by atoms with Gasteiger partial charge in [0.2, 0.25) is 11.8 Å². The first-order chi connectivity index (χ1) is 15.7. The molecule has 1 aliphatic carbocycles. The Morgan fingerprint density at radius 2 is 1.56 bits per heavy atom. The number of anilines is 1. The van der Waals surface area contributed by atoms with Gasteiger partial charge in [-0.1, -0.05) is 19.1 Å². The van der Waals surface area contributed by atoms with Gasteiger partial charge < -0.3 is 24.3 Å². The average molecular weight is 440 g/mol. The molecule has 0 radical (unpaired) electrons. The number of nitrogens with zero attached hydrogens (tertiary/aromatic N) is 2. The zero-order valence-electron chi connectivity index (χ0n) is 18.8. The van der Waals surface area contributed by atoms with Crippen molar-refractivity contribution >= 4 is 5.95 Å². The molecule has 2 atom stereocenters. The van der Waals surface area contributed by atoms with Crippen molar-refractivity contribution in [2.75, 3.05) is 31.7 Å². The Hall–Kier alpha value is -2.38. The minimum absolute atomic E-state index is 0.0250. The van der Waals surface area contributed by atoms with Crippen LogP contribution >= 0.6 is 0 Å². The Kier molecular flexibility index (Phi) is 6.74. The second-order valence-corrected chi connectivity index (χ2v) is 9.24. The van der Waals surface area contributed by atoms with Crippen molar-refractivity contribution in [1.29, 1.82) is 0 Å². The number of hydrogen-bond acceptors (Lipinski definition) is 7. The molecule has 2 aliphatic heterocycles. The fourth-order valence-corrected chi connectivity index (χ4v) is 4.59. The maximum atomic E-state index is 6.28. The molecule has 3 fully saturated rings. The highest BCUT2D eigenvalue weighted by molar-refractivity contribution is 5.69. The molecule has 0 unspecified atom stereocenters. The predicted octanol–water partition coefficient (Wildman–Crippen LogP) is 4.47. The fourth-order valence-electron chi connectivity index (χ4n) is 4.59. The van der Waals surface area contributed by atoms with Crippen molar-refractivity contribution in [3.63, 3.8) is 0 Å². The molecule has 2 saturated heterocycles. The summed E-state index contributed by atoms with van der Waals surface area (Å²) in [7, 11) is 0. The average Bonchev–Trinajstić information content (AvgIpc) is 3.51. The summed E-state index contributed by atoms with van der Waals surface area (Å²) in [6.45, 7) is 5.09. The Labute approximate surface area is 189 Å². The third-order valence-electron chi connectivity index (χ3n) is 6.63. The lowest BCUT2D eigenvalue weighted by Crippen LogP contribution is -2.26. The summed E-state index contributed by atoms with van der Waals surface area (Å²) in [5.41, 5.74) is 1.89. The van der Waals surface area contributed by atoms with E-state index in [0.29, 0.717) is 31.1 Å². The quantitative estimate of drug-likeness (QED) is 0.682. The number of ether oxygens (including phenoxy) is 4. The topological polar surface area (TPSA) is 74.7 Å². The summed E-state index contributed by atoms with van der Waals surface area (Å²) in [4.78, 5) is 9.41. The highest BCUT2D eigenvalue weighted by atomic mass is 16.6. The van der Waals surface area contributed by atoms with E-state index in [4.69, 9.17) is 23.9 Å². The van der Waals surface area contributed by atoms with Gasteiger partial charge in [-0.3, -0.25) is 0 Å². The molecule has 1 aromatic carbocycles. The van der Waals surface area contributed by atoms with Crippen molar-refractivity contribution in [2.45, 2.75) is 63.7 Å². The van der Waals surface area contributed by atoms with E-state index < -0.39 is 0 Å². The molecule has 0 spiro atoms. The van der Waals surface area contributed by atoms with Crippen molar-refractivity contribution in [3.8, 4) is 22.8 Å². The molecule has 3 aliphatic rings. The first-order valence-corrected chi connectivity index (χ1v) is 12.0. The molecule has 172 valence electrons. The zero-order valence-corrected chi connectivity index (χ0v) is 18.8. The van der Waals surface area contributed by atoms with E-state index in [2.05, 4.69) is 17.2 Å². The number of aromatic nitrogens is 2. The van der Waals surface area contributed by atoms with Crippen molar-refractivity contribution in [2.24, 2.45) is 5.92 Å². The van der Waals surface area contributed by atoms with Gasteiger partial charge in [-0.2, -0.15) is 4.98 Å². The van der Waals surface area contributed by atoms with Gasteiger partial charge in [0.05, 0.1) is 32.0 Å². The molecule has 1 aromatic heterocycles. The lowest BCUT2D eigenvalue weighted by Gasteiger charge is -2.27. The van der Waals surface area contributed by atoms with Gasteiger partial charge in [-0.25, -0.2) is 4.98 Å². The van der Waals surface area contributed by atoms with Crippen LogP contribution in [0.15, 0.2) is 30.5 Å². The maximum Gasteiger partial charge on any atom is 0.226 e. The fraction of sp³-hybridized carbons (Fsp3) is 0.600. The smallest absolute Gasteiger partial charge is 0.226 e. The standard InChI is InChI=1S/C25H33N3O4/c1-17-2-6-19(7-3-17)27-25-26-14-23(24(28-25)32-22-11-13-30-16-22)18-4-8-20(9-5-18)31-21-10-12-29-15-21/h4-5,8-9,14,17,19,21-22H,2-3,6-7,10-13,15-16H2,1H3,(H,26,27,28)/t17?,19?,21-,22-/m1/s1. The van der Waals surface area contributed by atoms with Gasteiger partial charge in [-0.15, -0.1) is 0 Å². The maximum absolute atomic E-state index is 6.28. The second kappa shape index (κ2) is 10.0. The van der Waals surface area contributed by atoms with Crippen LogP contribution in [-0.4, -0.2) is 54.6 Å².